The number of aromatic hydroxyl groups is 4. The van der Waals surface area contributed by atoms with E-state index in [1.807, 2.05) is 39.8 Å². The van der Waals surface area contributed by atoms with Crippen LogP contribution in [0.3, 0.4) is 0 Å². The van der Waals surface area contributed by atoms with E-state index in [4.69, 9.17) is 0 Å². The first kappa shape index (κ1) is 21.2. The fourth-order valence-corrected chi connectivity index (χ4v) is 3.32. The van der Waals surface area contributed by atoms with Gasteiger partial charge in [-0.05, 0) is 103 Å². The van der Waals surface area contributed by atoms with E-state index in [0.717, 1.165) is 22.3 Å². The molecule has 0 aliphatic heterocycles. The molecular formula is C24H28O4. The minimum Gasteiger partial charge on any atom is -0.507 e. The number of hydrogen-bond acceptors (Lipinski definition) is 4. The van der Waals surface area contributed by atoms with Gasteiger partial charge in [-0.15, -0.1) is 0 Å². The first-order valence-corrected chi connectivity index (χ1v) is 9.36. The second-order valence-corrected chi connectivity index (χ2v) is 6.77. The first-order chi connectivity index (χ1) is 13.2. The SMILES string of the molecule is CC.Cc1cc(-c2ccc(O)c(O)c2-c2cc(C)c(O)c(C)c2)cc(C)c1O. The molecule has 0 fully saturated rings. The van der Waals surface area contributed by atoms with Gasteiger partial charge in [0.1, 0.15) is 11.5 Å². The van der Waals surface area contributed by atoms with Gasteiger partial charge in [0.25, 0.3) is 0 Å². The molecule has 0 unspecified atom stereocenters. The van der Waals surface area contributed by atoms with Gasteiger partial charge in [-0.25, -0.2) is 0 Å². The molecule has 0 heterocycles. The number of aryl methyl sites for hydroxylation is 4. The van der Waals surface area contributed by atoms with Crippen molar-refractivity contribution >= 4 is 0 Å². The Balaban J connectivity index is 0.00000136. The van der Waals surface area contributed by atoms with Crippen LogP contribution in [-0.4, -0.2) is 20.4 Å². The van der Waals surface area contributed by atoms with Crippen molar-refractivity contribution < 1.29 is 20.4 Å². The zero-order valence-corrected chi connectivity index (χ0v) is 17.3. The van der Waals surface area contributed by atoms with Crippen molar-refractivity contribution in [2.24, 2.45) is 0 Å². The Kier molecular flexibility index (Phi) is 6.24. The maximum absolute atomic E-state index is 10.6. The van der Waals surface area contributed by atoms with Crippen molar-refractivity contribution in [2.45, 2.75) is 41.5 Å². The molecule has 0 atom stereocenters. The Bertz CT molecular complexity index is 973. The molecule has 148 valence electrons. The molecule has 0 radical (unpaired) electrons. The molecule has 0 saturated heterocycles. The van der Waals surface area contributed by atoms with Crippen LogP contribution < -0.4 is 0 Å². The lowest BCUT2D eigenvalue weighted by molar-refractivity contribution is 0.405. The highest BCUT2D eigenvalue weighted by Gasteiger charge is 2.18. The lowest BCUT2D eigenvalue weighted by atomic mass is 9.90. The van der Waals surface area contributed by atoms with Crippen molar-refractivity contribution in [1.29, 1.82) is 0 Å². The Morgan fingerprint density at radius 2 is 0.929 bits per heavy atom. The van der Waals surface area contributed by atoms with Crippen LogP contribution in [0, 0.1) is 27.7 Å². The van der Waals surface area contributed by atoms with Gasteiger partial charge in [-0.2, -0.15) is 0 Å². The average molecular weight is 380 g/mol. The van der Waals surface area contributed by atoms with Crippen LogP contribution in [0.5, 0.6) is 23.0 Å². The summed E-state index contributed by atoms with van der Waals surface area (Å²) < 4.78 is 0. The lowest BCUT2D eigenvalue weighted by Gasteiger charge is -2.17. The molecule has 0 saturated carbocycles. The van der Waals surface area contributed by atoms with E-state index >= 15 is 0 Å². The van der Waals surface area contributed by atoms with Gasteiger partial charge in [0.2, 0.25) is 0 Å². The average Bonchev–Trinajstić information content (AvgIpc) is 2.67. The van der Waals surface area contributed by atoms with Gasteiger partial charge in [0, 0.05) is 5.56 Å². The van der Waals surface area contributed by atoms with Crippen LogP contribution in [0.25, 0.3) is 22.3 Å². The molecule has 0 aliphatic carbocycles. The van der Waals surface area contributed by atoms with E-state index in [9.17, 15) is 20.4 Å². The standard InChI is InChI=1S/C22H22O4.C2H6/c1-11-7-15(8-12(2)20(11)24)17-5-6-18(23)22(26)19(17)16-9-13(3)21(25)14(4)10-16;1-2/h5-10,23-26H,1-4H3;1-2H3. The molecule has 0 aliphatic rings. The molecule has 4 N–H and O–H groups in total. The minimum atomic E-state index is -0.213. The van der Waals surface area contributed by atoms with E-state index in [0.29, 0.717) is 22.3 Å². The summed E-state index contributed by atoms with van der Waals surface area (Å²) in [6.45, 7) is 11.2. The minimum absolute atomic E-state index is 0.209. The largest absolute Gasteiger partial charge is 0.507 e. The second-order valence-electron chi connectivity index (χ2n) is 6.77. The zero-order valence-electron chi connectivity index (χ0n) is 17.3. The summed E-state index contributed by atoms with van der Waals surface area (Å²) in [5.74, 6) is 0.0376. The van der Waals surface area contributed by atoms with Gasteiger partial charge in [0.15, 0.2) is 11.5 Å². The summed E-state index contributed by atoms with van der Waals surface area (Å²) in [6.07, 6.45) is 0. The third-order valence-corrected chi connectivity index (χ3v) is 4.74. The number of phenols is 4. The highest BCUT2D eigenvalue weighted by molar-refractivity contribution is 5.90. The smallest absolute Gasteiger partial charge is 0.166 e. The highest BCUT2D eigenvalue weighted by Crippen LogP contribution is 2.45. The molecule has 0 aromatic heterocycles. The Labute approximate surface area is 166 Å². The van der Waals surface area contributed by atoms with Gasteiger partial charge >= 0.3 is 0 Å². The summed E-state index contributed by atoms with van der Waals surface area (Å²) in [6, 6.07) is 10.4. The lowest BCUT2D eigenvalue weighted by Crippen LogP contribution is -1.91. The molecule has 4 nitrogen and oxygen atoms in total. The van der Waals surface area contributed by atoms with Crippen molar-refractivity contribution in [3.05, 3.63) is 58.7 Å². The van der Waals surface area contributed by atoms with Crippen LogP contribution in [0.4, 0.5) is 0 Å². The highest BCUT2D eigenvalue weighted by atomic mass is 16.3. The summed E-state index contributed by atoms with van der Waals surface area (Å²) in [5.41, 5.74) is 5.58. The number of benzene rings is 3. The zero-order chi connectivity index (χ0) is 21.2. The monoisotopic (exact) mass is 380 g/mol. The predicted molar refractivity (Wildman–Crippen MR) is 114 cm³/mol. The van der Waals surface area contributed by atoms with Gasteiger partial charge < -0.3 is 20.4 Å². The van der Waals surface area contributed by atoms with Crippen LogP contribution in [0.15, 0.2) is 36.4 Å². The van der Waals surface area contributed by atoms with Crippen LogP contribution in [-0.2, 0) is 0 Å². The molecule has 3 aromatic rings. The summed E-state index contributed by atoms with van der Waals surface area (Å²) in [4.78, 5) is 0. The van der Waals surface area contributed by atoms with Crippen molar-refractivity contribution in [3.63, 3.8) is 0 Å². The molecular weight excluding hydrogens is 352 g/mol. The third-order valence-electron chi connectivity index (χ3n) is 4.74. The van der Waals surface area contributed by atoms with Gasteiger partial charge in [0.05, 0.1) is 0 Å². The normalized spacial score (nSPS) is 10.4. The fourth-order valence-electron chi connectivity index (χ4n) is 3.32. The van der Waals surface area contributed by atoms with E-state index in [2.05, 4.69) is 0 Å². The predicted octanol–water partition coefficient (Wildman–Crippen LogP) is 6.10. The quantitative estimate of drug-likeness (QED) is 0.405. The van der Waals surface area contributed by atoms with Crippen LogP contribution >= 0.6 is 0 Å². The van der Waals surface area contributed by atoms with E-state index < -0.39 is 0 Å². The third kappa shape index (κ3) is 3.77. The molecule has 0 spiro atoms. The van der Waals surface area contributed by atoms with E-state index in [-0.39, 0.29) is 23.0 Å². The van der Waals surface area contributed by atoms with Crippen molar-refractivity contribution in [1.82, 2.24) is 0 Å². The van der Waals surface area contributed by atoms with Crippen molar-refractivity contribution in [2.75, 3.05) is 0 Å². The summed E-state index contributed by atoms with van der Waals surface area (Å²) >= 11 is 0. The summed E-state index contributed by atoms with van der Waals surface area (Å²) in [7, 11) is 0. The second kappa shape index (κ2) is 8.26. The maximum atomic E-state index is 10.6. The number of rotatable bonds is 2. The number of hydrogen-bond donors (Lipinski definition) is 4. The molecule has 3 rings (SSSR count). The fraction of sp³-hybridized carbons (Fsp3) is 0.250. The molecule has 0 bridgehead atoms. The van der Waals surface area contributed by atoms with Crippen LogP contribution in [0.1, 0.15) is 36.1 Å². The summed E-state index contributed by atoms with van der Waals surface area (Å²) in [5, 5.41) is 40.7. The van der Waals surface area contributed by atoms with Crippen LogP contribution in [0.2, 0.25) is 0 Å². The maximum Gasteiger partial charge on any atom is 0.166 e. The van der Waals surface area contributed by atoms with Gasteiger partial charge in [-0.3, -0.25) is 0 Å². The van der Waals surface area contributed by atoms with E-state index in [1.165, 1.54) is 6.07 Å². The number of phenolic OH excluding ortho intramolecular Hbond substituents is 4. The van der Waals surface area contributed by atoms with E-state index in [1.54, 1.807) is 32.0 Å². The Morgan fingerprint density at radius 1 is 0.536 bits per heavy atom. The Morgan fingerprint density at radius 3 is 1.36 bits per heavy atom. The van der Waals surface area contributed by atoms with Crippen molar-refractivity contribution in [3.8, 4) is 45.3 Å². The molecule has 4 heteroatoms. The van der Waals surface area contributed by atoms with Gasteiger partial charge in [-0.1, -0.05) is 13.8 Å². The Hall–Kier alpha value is -3.14. The topological polar surface area (TPSA) is 80.9 Å². The molecule has 28 heavy (non-hydrogen) atoms. The molecule has 3 aromatic carbocycles. The first-order valence-electron chi connectivity index (χ1n) is 9.36. The molecule has 0 amide bonds.